The number of carbonyl (C=O) groups excluding carboxylic acids is 5. The van der Waals surface area contributed by atoms with E-state index >= 15 is 0 Å². The predicted octanol–water partition coefficient (Wildman–Crippen LogP) is 1.88. The van der Waals surface area contributed by atoms with Gasteiger partial charge in [0.15, 0.2) is 23.4 Å². The van der Waals surface area contributed by atoms with Crippen molar-refractivity contribution in [1.29, 1.82) is 0 Å². The van der Waals surface area contributed by atoms with Crippen LogP contribution in [-0.2, 0) is 47.7 Å². The van der Waals surface area contributed by atoms with Crippen molar-refractivity contribution in [3.05, 3.63) is 54.3 Å². The minimum atomic E-state index is -1.48. The van der Waals surface area contributed by atoms with E-state index in [9.17, 15) is 24.0 Å². The van der Waals surface area contributed by atoms with Crippen LogP contribution in [0.3, 0.4) is 0 Å². The van der Waals surface area contributed by atoms with E-state index in [4.69, 9.17) is 35.9 Å². The largest absolute Gasteiger partial charge is 0.477 e. The smallest absolute Gasteiger partial charge is 0.373 e. The summed E-state index contributed by atoms with van der Waals surface area (Å²) >= 11 is 5.60. The second-order valence-electron chi connectivity index (χ2n) is 9.51. The van der Waals surface area contributed by atoms with E-state index in [2.05, 4.69) is 16.0 Å². The highest BCUT2D eigenvalue weighted by molar-refractivity contribution is 7.80. The summed E-state index contributed by atoms with van der Waals surface area (Å²) in [6.45, 7) is 4.10. The number of esters is 4. The third-order valence-corrected chi connectivity index (χ3v) is 6.41. The molecule has 0 spiro atoms. The zero-order chi connectivity index (χ0) is 31.7. The van der Waals surface area contributed by atoms with Crippen molar-refractivity contribution in [3.8, 4) is 0 Å². The molecular weight excluding hydrogens is 582 g/mol. The molecule has 2 aromatic carbocycles. The van der Waals surface area contributed by atoms with Gasteiger partial charge in [-0.2, -0.15) is 0 Å². The molecule has 3 N–H and O–H groups in total. The van der Waals surface area contributed by atoms with E-state index < -0.39 is 66.8 Å². The molecule has 0 unspecified atom stereocenters. The van der Waals surface area contributed by atoms with Gasteiger partial charge in [0.2, 0.25) is 11.7 Å². The number of carbonyl (C=O) groups is 5. The molecule has 0 saturated heterocycles. The summed E-state index contributed by atoms with van der Waals surface area (Å²) in [7, 11) is 1.14. The Hall–Kier alpha value is -4.72. The number of methoxy groups -OCH3 is 1. The molecule has 14 heteroatoms. The molecular formula is C29H33N3O10S. The third-order valence-electron chi connectivity index (χ3n) is 6.19. The molecule has 3 rings (SSSR count). The van der Waals surface area contributed by atoms with E-state index in [0.717, 1.165) is 38.7 Å². The molecule has 1 heterocycles. The lowest BCUT2D eigenvalue weighted by Gasteiger charge is -2.42. The van der Waals surface area contributed by atoms with Crippen LogP contribution < -0.4 is 16.0 Å². The lowest BCUT2D eigenvalue weighted by Crippen LogP contribution is -2.64. The van der Waals surface area contributed by atoms with Gasteiger partial charge in [0.1, 0.15) is 6.61 Å². The van der Waals surface area contributed by atoms with E-state index in [0.29, 0.717) is 5.69 Å². The first-order valence-corrected chi connectivity index (χ1v) is 13.6. The maximum atomic E-state index is 12.7. The first-order valence-electron chi connectivity index (χ1n) is 13.2. The highest BCUT2D eigenvalue weighted by Crippen LogP contribution is 2.28. The monoisotopic (exact) mass is 615 g/mol. The minimum Gasteiger partial charge on any atom is -0.477 e. The number of benzene rings is 2. The topological polar surface area (TPSA) is 168 Å². The molecule has 43 heavy (non-hydrogen) atoms. The van der Waals surface area contributed by atoms with Crippen molar-refractivity contribution in [2.24, 2.45) is 0 Å². The minimum absolute atomic E-state index is 0.123. The Morgan fingerprint density at radius 3 is 2.21 bits per heavy atom. The van der Waals surface area contributed by atoms with Crippen molar-refractivity contribution in [1.82, 2.24) is 10.6 Å². The average Bonchev–Trinajstić information content (AvgIpc) is 2.94. The summed E-state index contributed by atoms with van der Waals surface area (Å²) in [5.74, 6) is -3.95. The van der Waals surface area contributed by atoms with Crippen LogP contribution in [-0.4, -0.2) is 79.0 Å². The van der Waals surface area contributed by atoms with E-state index in [1.165, 1.54) is 13.0 Å². The third kappa shape index (κ3) is 9.13. The first kappa shape index (κ1) is 32.8. The molecule has 0 bridgehead atoms. The maximum absolute atomic E-state index is 12.7. The van der Waals surface area contributed by atoms with Crippen molar-refractivity contribution in [2.75, 3.05) is 19.0 Å². The first-order chi connectivity index (χ1) is 20.4. The van der Waals surface area contributed by atoms with Crippen LogP contribution in [0.15, 0.2) is 54.3 Å². The zero-order valence-corrected chi connectivity index (χ0v) is 25.0. The molecule has 0 fully saturated rings. The maximum Gasteiger partial charge on any atom is 0.373 e. The Labute approximate surface area is 253 Å². The van der Waals surface area contributed by atoms with Crippen molar-refractivity contribution in [3.63, 3.8) is 0 Å². The fourth-order valence-corrected chi connectivity index (χ4v) is 4.80. The summed E-state index contributed by atoms with van der Waals surface area (Å²) in [4.78, 5) is 60.9. The van der Waals surface area contributed by atoms with E-state index in [1.54, 1.807) is 0 Å². The Balaban J connectivity index is 2.04. The normalized spacial score (nSPS) is 18.9. The molecule has 5 atom stereocenters. The van der Waals surface area contributed by atoms with Gasteiger partial charge < -0.3 is 39.6 Å². The lowest BCUT2D eigenvalue weighted by atomic mass is 9.91. The number of rotatable bonds is 10. The number of thiocarbonyl (C=S) groups is 1. The highest BCUT2D eigenvalue weighted by Gasteiger charge is 2.48. The van der Waals surface area contributed by atoms with Gasteiger partial charge in [0.25, 0.3) is 0 Å². The Kier molecular flexibility index (Phi) is 11.4. The van der Waals surface area contributed by atoms with Crippen molar-refractivity contribution in [2.45, 2.75) is 58.1 Å². The van der Waals surface area contributed by atoms with Crippen LogP contribution >= 0.6 is 12.2 Å². The Morgan fingerprint density at radius 1 is 0.907 bits per heavy atom. The summed E-state index contributed by atoms with van der Waals surface area (Å²) < 4.78 is 26.7. The van der Waals surface area contributed by atoms with Crippen LogP contribution in [0.5, 0.6) is 0 Å². The molecule has 2 aromatic rings. The molecule has 1 aliphatic rings. The Bertz CT molecular complexity index is 1420. The second-order valence-corrected chi connectivity index (χ2v) is 9.91. The molecule has 230 valence electrons. The van der Waals surface area contributed by atoms with Crippen LogP contribution in [0.1, 0.15) is 27.7 Å². The fourth-order valence-electron chi connectivity index (χ4n) is 4.56. The van der Waals surface area contributed by atoms with Crippen LogP contribution in [0.25, 0.3) is 10.8 Å². The molecule has 0 aliphatic carbocycles. The summed E-state index contributed by atoms with van der Waals surface area (Å²) in [6, 6.07) is 11.3. The van der Waals surface area contributed by atoms with E-state index in [-0.39, 0.29) is 10.9 Å². The van der Waals surface area contributed by atoms with Crippen molar-refractivity contribution >= 4 is 63.6 Å². The van der Waals surface area contributed by atoms with Crippen LogP contribution in [0.4, 0.5) is 5.69 Å². The highest BCUT2D eigenvalue weighted by atomic mass is 32.1. The summed E-state index contributed by atoms with van der Waals surface area (Å²) in [6.07, 6.45) is -2.87. The number of fused-ring (bicyclic) bond motifs is 1. The van der Waals surface area contributed by atoms with Gasteiger partial charge in [-0.1, -0.05) is 36.4 Å². The number of amides is 1. The number of nitrogens with one attached hydrogen (secondary N) is 3. The Morgan fingerprint density at radius 2 is 1.58 bits per heavy atom. The van der Waals surface area contributed by atoms with Gasteiger partial charge in [-0.25, -0.2) is 4.79 Å². The quantitative estimate of drug-likeness (QED) is 0.202. The zero-order valence-electron chi connectivity index (χ0n) is 24.2. The number of ether oxygens (including phenoxy) is 5. The fraction of sp³-hybridized carbons (Fsp3) is 0.379. The number of hydrogen-bond acceptors (Lipinski definition) is 11. The van der Waals surface area contributed by atoms with Gasteiger partial charge >= 0.3 is 23.9 Å². The molecule has 0 radical (unpaired) electrons. The van der Waals surface area contributed by atoms with Gasteiger partial charge in [-0.3, -0.25) is 19.2 Å². The van der Waals surface area contributed by atoms with Gasteiger partial charge in [-0.15, -0.1) is 0 Å². The van der Waals surface area contributed by atoms with Gasteiger partial charge in [0.05, 0.1) is 19.2 Å². The average molecular weight is 616 g/mol. The number of hydrogen-bond donors (Lipinski definition) is 3. The van der Waals surface area contributed by atoms with Gasteiger partial charge in [-0.05, 0) is 29.7 Å². The molecule has 1 aliphatic heterocycles. The molecule has 0 saturated carbocycles. The predicted molar refractivity (Wildman–Crippen MR) is 157 cm³/mol. The molecule has 13 nitrogen and oxygen atoms in total. The lowest BCUT2D eigenvalue weighted by molar-refractivity contribution is -0.188. The molecule has 0 aromatic heterocycles. The summed E-state index contributed by atoms with van der Waals surface area (Å²) in [5.41, 5.74) is 0.696. The SMILES string of the molecule is COC(=O)C1=C[C@H](NC(=S)Nc2cccc3ccccc23)[C@@H](NC(C)=O)[C@H]([C@H](OC(C)=O)[C@@H](COC(C)=O)OC(C)=O)O1. The van der Waals surface area contributed by atoms with Crippen LogP contribution in [0, 0.1) is 0 Å². The van der Waals surface area contributed by atoms with Gasteiger partial charge in [0, 0.05) is 38.8 Å². The second kappa shape index (κ2) is 15.0. The van der Waals surface area contributed by atoms with Crippen molar-refractivity contribution < 1.29 is 47.7 Å². The van der Waals surface area contributed by atoms with E-state index in [1.807, 2.05) is 42.5 Å². The summed E-state index contributed by atoms with van der Waals surface area (Å²) in [5, 5.41) is 10.9. The van der Waals surface area contributed by atoms with Crippen LogP contribution in [0.2, 0.25) is 0 Å². The standard InChI is InChI=1S/C29H33N3O10S/c1-15(33)30-25-22(32-29(43)31-21-12-8-10-19-9-6-7-11-20(19)21)13-23(28(37)38-5)42-27(25)26(41-18(4)36)24(40-17(3)35)14-39-16(2)34/h6-13,22,24-27H,14H2,1-5H3,(H,30,33)(H2,31,32,43)/t22-,24+,25+,26+,27+/m0/s1. The molecule has 1 amide bonds. The number of anilines is 1.